The number of carbonyl (C=O) groups is 1. The lowest BCUT2D eigenvalue weighted by atomic mass is 9.51. The van der Waals surface area contributed by atoms with Gasteiger partial charge in [-0.3, -0.25) is 4.79 Å². The molecule has 4 N–H and O–H groups in total. The average Bonchev–Trinajstić information content (AvgIpc) is 2.99. The minimum atomic E-state index is -0.907. The molecule has 228 valence electrons. The number of carboxylic acids is 1. The van der Waals surface area contributed by atoms with Crippen LogP contribution in [0.3, 0.4) is 0 Å². The van der Waals surface area contributed by atoms with Crippen molar-refractivity contribution in [3.05, 3.63) is 60.2 Å². The Balaban J connectivity index is 1.53. The zero-order valence-electron chi connectivity index (χ0n) is 25.6. The van der Waals surface area contributed by atoms with Crippen molar-refractivity contribution in [1.29, 1.82) is 0 Å². The van der Waals surface area contributed by atoms with Crippen molar-refractivity contribution in [3.63, 3.8) is 0 Å². The van der Waals surface area contributed by atoms with Gasteiger partial charge in [0.05, 0.1) is 12.0 Å². The SMILES string of the molecule is CC(O)C(C(=O)O)C1C(CCN)C(CCCC=CCCC2CCCCC2)C=CC1C1(c2ccccc2)CCCCC1. The number of unbranched alkanes of at least 4 members (excludes halogenated alkanes) is 1. The third-order valence-electron chi connectivity index (χ3n) is 11.0. The molecule has 6 unspecified atom stereocenters. The molecule has 0 amide bonds. The first-order valence-corrected chi connectivity index (χ1v) is 17.0. The summed E-state index contributed by atoms with van der Waals surface area (Å²) in [6.45, 7) is 2.22. The van der Waals surface area contributed by atoms with Gasteiger partial charge in [0.15, 0.2) is 0 Å². The van der Waals surface area contributed by atoms with Crippen LogP contribution in [0.4, 0.5) is 0 Å². The van der Waals surface area contributed by atoms with E-state index in [1.165, 1.54) is 56.9 Å². The Bertz CT molecular complexity index is 958. The van der Waals surface area contributed by atoms with Crippen LogP contribution in [-0.2, 0) is 10.2 Å². The molecule has 3 aliphatic rings. The van der Waals surface area contributed by atoms with Gasteiger partial charge in [-0.25, -0.2) is 0 Å². The molecule has 0 aliphatic heterocycles. The number of benzene rings is 1. The predicted molar refractivity (Wildman–Crippen MR) is 170 cm³/mol. The second-order valence-corrected chi connectivity index (χ2v) is 13.6. The van der Waals surface area contributed by atoms with Crippen LogP contribution < -0.4 is 5.73 Å². The summed E-state index contributed by atoms with van der Waals surface area (Å²) >= 11 is 0. The first-order chi connectivity index (χ1) is 20.0. The minimum Gasteiger partial charge on any atom is -0.481 e. The normalized spacial score (nSPS) is 28.5. The number of hydrogen-bond donors (Lipinski definition) is 3. The van der Waals surface area contributed by atoms with Gasteiger partial charge in [-0.2, -0.15) is 0 Å². The van der Waals surface area contributed by atoms with Gasteiger partial charge >= 0.3 is 5.97 Å². The van der Waals surface area contributed by atoms with Gasteiger partial charge in [0.25, 0.3) is 0 Å². The van der Waals surface area contributed by atoms with Crippen molar-refractivity contribution < 1.29 is 15.0 Å². The van der Waals surface area contributed by atoms with Crippen molar-refractivity contribution in [1.82, 2.24) is 0 Å². The first kappa shape index (κ1) is 32.0. The van der Waals surface area contributed by atoms with E-state index in [9.17, 15) is 15.0 Å². The summed E-state index contributed by atoms with van der Waals surface area (Å²) in [6.07, 6.45) is 28.0. The van der Waals surface area contributed by atoms with Gasteiger partial charge < -0.3 is 15.9 Å². The summed E-state index contributed by atoms with van der Waals surface area (Å²) in [4.78, 5) is 12.8. The molecule has 3 aliphatic carbocycles. The van der Waals surface area contributed by atoms with Crippen LogP contribution in [0.2, 0.25) is 0 Å². The highest BCUT2D eigenvalue weighted by atomic mass is 16.4. The van der Waals surface area contributed by atoms with E-state index in [1.54, 1.807) is 6.92 Å². The number of aliphatic hydroxyl groups is 1. The van der Waals surface area contributed by atoms with Gasteiger partial charge in [-0.1, -0.05) is 106 Å². The summed E-state index contributed by atoms with van der Waals surface area (Å²) in [6, 6.07) is 10.8. The van der Waals surface area contributed by atoms with Gasteiger partial charge in [0.1, 0.15) is 0 Å². The van der Waals surface area contributed by atoms with E-state index < -0.39 is 18.0 Å². The summed E-state index contributed by atoms with van der Waals surface area (Å²) in [5.41, 5.74) is 7.47. The fourth-order valence-corrected chi connectivity index (χ4v) is 9.01. The number of allylic oxidation sites excluding steroid dienone is 4. The average molecular weight is 564 g/mol. The number of aliphatic carboxylic acids is 1. The lowest BCUT2D eigenvalue weighted by molar-refractivity contribution is -0.152. The van der Waals surface area contributed by atoms with E-state index in [0.717, 1.165) is 57.3 Å². The summed E-state index contributed by atoms with van der Waals surface area (Å²) in [7, 11) is 0. The number of carboxylic acid groups (broad SMARTS) is 1. The van der Waals surface area contributed by atoms with Crippen LogP contribution in [0.1, 0.15) is 115 Å². The third-order valence-corrected chi connectivity index (χ3v) is 11.0. The maximum atomic E-state index is 12.8. The first-order valence-electron chi connectivity index (χ1n) is 17.0. The van der Waals surface area contributed by atoms with Gasteiger partial charge in [0.2, 0.25) is 0 Å². The largest absolute Gasteiger partial charge is 0.481 e. The van der Waals surface area contributed by atoms with Crippen LogP contribution in [-0.4, -0.2) is 28.8 Å². The summed E-state index contributed by atoms with van der Waals surface area (Å²) in [5.74, 6) is -0.348. The zero-order valence-corrected chi connectivity index (χ0v) is 25.6. The molecule has 0 aromatic heterocycles. The Labute approximate surface area is 249 Å². The Morgan fingerprint density at radius 2 is 1.63 bits per heavy atom. The molecule has 0 saturated heterocycles. The second-order valence-electron chi connectivity index (χ2n) is 13.6. The van der Waals surface area contributed by atoms with E-state index in [2.05, 4.69) is 54.6 Å². The van der Waals surface area contributed by atoms with Crippen LogP contribution in [0.5, 0.6) is 0 Å². The standard InChI is InChI=1S/C37H57NO3/c1-28(39)34(36(40)41)35-32(24-27-38)30(19-11-4-2-3-8-16-29-17-9-5-10-18-29)22-23-33(35)37(25-14-7-15-26-37)31-20-12-6-13-21-31/h2-3,6,12-13,20-23,28-30,32-35,39H,4-5,7-11,14-19,24-27,38H2,1H3,(H,40,41). The lowest BCUT2D eigenvalue weighted by Crippen LogP contribution is -2.51. The number of nitrogens with two attached hydrogens (primary N) is 1. The van der Waals surface area contributed by atoms with Crippen molar-refractivity contribution in [2.75, 3.05) is 6.54 Å². The molecular formula is C37H57NO3. The summed E-state index contributed by atoms with van der Waals surface area (Å²) < 4.78 is 0. The fraction of sp³-hybridized carbons (Fsp3) is 0.703. The molecular weight excluding hydrogens is 506 g/mol. The molecule has 2 saturated carbocycles. The predicted octanol–water partition coefficient (Wildman–Crippen LogP) is 8.44. The van der Waals surface area contributed by atoms with Crippen LogP contribution >= 0.6 is 0 Å². The molecule has 0 spiro atoms. The molecule has 2 fully saturated rings. The molecule has 1 aromatic carbocycles. The molecule has 6 atom stereocenters. The van der Waals surface area contributed by atoms with Crippen molar-refractivity contribution in [2.24, 2.45) is 41.2 Å². The van der Waals surface area contributed by atoms with Gasteiger partial charge in [-0.15, -0.1) is 0 Å². The van der Waals surface area contributed by atoms with Crippen LogP contribution in [0, 0.1) is 35.5 Å². The van der Waals surface area contributed by atoms with Gasteiger partial charge in [-0.05, 0) is 100.0 Å². The highest BCUT2D eigenvalue weighted by molar-refractivity contribution is 5.71. The Hall–Kier alpha value is -1.91. The fourth-order valence-electron chi connectivity index (χ4n) is 9.01. The molecule has 41 heavy (non-hydrogen) atoms. The molecule has 4 heteroatoms. The van der Waals surface area contributed by atoms with E-state index in [1.807, 2.05) is 0 Å². The minimum absolute atomic E-state index is 0.0772. The number of aliphatic hydroxyl groups excluding tert-OH is 1. The van der Waals surface area contributed by atoms with E-state index >= 15 is 0 Å². The lowest BCUT2D eigenvalue weighted by Gasteiger charge is -2.53. The molecule has 0 radical (unpaired) electrons. The third kappa shape index (κ3) is 8.14. The Morgan fingerprint density at radius 3 is 2.29 bits per heavy atom. The highest BCUT2D eigenvalue weighted by Crippen LogP contribution is 2.55. The number of rotatable bonds is 14. The quantitative estimate of drug-likeness (QED) is 0.157. The van der Waals surface area contributed by atoms with Crippen molar-refractivity contribution >= 4 is 5.97 Å². The van der Waals surface area contributed by atoms with E-state index in [0.29, 0.717) is 12.5 Å². The Kier molecular flexibility index (Phi) is 12.6. The van der Waals surface area contributed by atoms with Crippen molar-refractivity contribution in [2.45, 2.75) is 121 Å². The van der Waals surface area contributed by atoms with Gasteiger partial charge in [0, 0.05) is 5.41 Å². The summed E-state index contributed by atoms with van der Waals surface area (Å²) in [5, 5.41) is 21.4. The van der Waals surface area contributed by atoms with Crippen LogP contribution in [0.15, 0.2) is 54.6 Å². The maximum absolute atomic E-state index is 12.8. The van der Waals surface area contributed by atoms with Crippen molar-refractivity contribution in [3.8, 4) is 0 Å². The molecule has 1 aromatic rings. The molecule has 4 rings (SSSR count). The zero-order chi connectivity index (χ0) is 29.1. The second kappa shape index (κ2) is 16.1. The number of hydrogen-bond acceptors (Lipinski definition) is 3. The smallest absolute Gasteiger partial charge is 0.309 e. The maximum Gasteiger partial charge on any atom is 0.309 e. The molecule has 0 heterocycles. The highest BCUT2D eigenvalue weighted by Gasteiger charge is 2.52. The Morgan fingerprint density at radius 1 is 0.951 bits per heavy atom. The molecule has 0 bridgehead atoms. The molecule has 4 nitrogen and oxygen atoms in total. The monoisotopic (exact) mass is 563 g/mol. The van der Waals surface area contributed by atoms with E-state index in [4.69, 9.17) is 5.73 Å². The van der Waals surface area contributed by atoms with E-state index in [-0.39, 0.29) is 23.2 Å². The topological polar surface area (TPSA) is 83.5 Å². The van der Waals surface area contributed by atoms with Crippen LogP contribution in [0.25, 0.3) is 0 Å².